The average Bonchev–Trinajstić information content (AvgIpc) is 3.60. The van der Waals surface area contributed by atoms with E-state index in [0.717, 1.165) is 27.0 Å². The highest BCUT2D eigenvalue weighted by molar-refractivity contribution is 7.19. The molecule has 0 aliphatic rings. The van der Waals surface area contributed by atoms with E-state index in [0.29, 0.717) is 38.4 Å². The summed E-state index contributed by atoms with van der Waals surface area (Å²) in [5.41, 5.74) is 5.90. The molecule has 0 aliphatic carbocycles. The molecule has 9 nitrogen and oxygen atoms in total. The van der Waals surface area contributed by atoms with E-state index in [1.807, 2.05) is 57.2 Å². The van der Waals surface area contributed by atoms with Crippen LogP contribution in [0.3, 0.4) is 0 Å². The molecule has 0 aromatic carbocycles. The van der Waals surface area contributed by atoms with Crippen molar-refractivity contribution < 1.29 is 4.79 Å². The van der Waals surface area contributed by atoms with Gasteiger partial charge in [0.05, 0.1) is 32.9 Å². The lowest BCUT2D eigenvalue weighted by molar-refractivity contribution is -0.123. The van der Waals surface area contributed by atoms with Crippen molar-refractivity contribution in [3.8, 4) is 33.2 Å². The lowest BCUT2D eigenvalue weighted by atomic mass is 9.95. The molecule has 37 heavy (non-hydrogen) atoms. The molecule has 0 atom stereocenters. The minimum absolute atomic E-state index is 0.0883. The van der Waals surface area contributed by atoms with Gasteiger partial charge in [-0.3, -0.25) is 14.9 Å². The van der Waals surface area contributed by atoms with E-state index < -0.39 is 5.41 Å². The van der Waals surface area contributed by atoms with Gasteiger partial charge in [-0.05, 0) is 36.4 Å². The van der Waals surface area contributed by atoms with Gasteiger partial charge in [-0.15, -0.1) is 11.3 Å². The maximum atomic E-state index is 12.4. The summed E-state index contributed by atoms with van der Waals surface area (Å²) in [5, 5.41) is 10.4. The molecule has 6 rings (SSSR count). The molecule has 0 saturated heterocycles. The second-order valence-electron chi connectivity index (χ2n) is 9.58. The van der Waals surface area contributed by atoms with E-state index in [4.69, 9.17) is 21.6 Å². The highest BCUT2D eigenvalue weighted by Gasteiger charge is 2.22. The van der Waals surface area contributed by atoms with Crippen molar-refractivity contribution in [2.24, 2.45) is 5.41 Å². The first-order chi connectivity index (χ1) is 17.8. The quantitative estimate of drug-likeness (QED) is 0.245. The van der Waals surface area contributed by atoms with Crippen LogP contribution in [-0.2, 0) is 4.79 Å². The van der Waals surface area contributed by atoms with Crippen LogP contribution in [0.15, 0.2) is 55.0 Å². The SMILES string of the molecule is CC(C)(C)C(=O)Nc1cncc(-c2ccc3[nH]nc(-c4nc5nccc(-c6ccc(Cl)s6)c5[nH]4)c3n2)c1. The van der Waals surface area contributed by atoms with Gasteiger partial charge in [0.25, 0.3) is 0 Å². The minimum atomic E-state index is -0.518. The molecule has 0 bridgehead atoms. The number of aromatic amines is 2. The normalized spacial score (nSPS) is 11.9. The maximum absolute atomic E-state index is 12.4. The zero-order chi connectivity index (χ0) is 25.7. The molecular formula is C26H21ClN8OS. The first-order valence-electron chi connectivity index (χ1n) is 11.5. The Balaban J connectivity index is 1.40. The van der Waals surface area contributed by atoms with Gasteiger partial charge in [-0.1, -0.05) is 32.4 Å². The molecule has 0 spiro atoms. The predicted octanol–water partition coefficient (Wildman–Crippen LogP) is 6.32. The van der Waals surface area contributed by atoms with Crippen molar-refractivity contribution in [3.63, 3.8) is 0 Å². The first kappa shape index (κ1) is 23.3. The van der Waals surface area contributed by atoms with Crippen molar-refractivity contribution in [2.75, 3.05) is 5.32 Å². The van der Waals surface area contributed by atoms with Crippen molar-refractivity contribution in [2.45, 2.75) is 20.8 Å². The number of carbonyl (C=O) groups excluding carboxylic acids is 1. The summed E-state index contributed by atoms with van der Waals surface area (Å²) in [4.78, 5) is 35.1. The highest BCUT2D eigenvalue weighted by Crippen LogP contribution is 2.35. The number of pyridine rings is 3. The Kier molecular flexibility index (Phi) is 5.50. The van der Waals surface area contributed by atoms with Gasteiger partial charge in [0.2, 0.25) is 5.91 Å². The van der Waals surface area contributed by atoms with Gasteiger partial charge >= 0.3 is 0 Å². The number of anilines is 1. The smallest absolute Gasteiger partial charge is 0.229 e. The summed E-state index contributed by atoms with van der Waals surface area (Å²) < 4.78 is 0.714. The fraction of sp³-hybridized carbons (Fsp3) is 0.154. The monoisotopic (exact) mass is 528 g/mol. The van der Waals surface area contributed by atoms with Crippen LogP contribution in [-0.4, -0.2) is 41.0 Å². The third-order valence-electron chi connectivity index (χ3n) is 5.84. The molecule has 6 heterocycles. The topological polar surface area (TPSA) is 125 Å². The molecule has 0 unspecified atom stereocenters. The number of amides is 1. The maximum Gasteiger partial charge on any atom is 0.229 e. The van der Waals surface area contributed by atoms with Crippen LogP contribution in [0.2, 0.25) is 4.34 Å². The second-order valence-corrected chi connectivity index (χ2v) is 11.3. The number of thiophene rings is 1. The molecular weight excluding hydrogens is 508 g/mol. The molecule has 6 aromatic heterocycles. The molecule has 3 N–H and O–H groups in total. The van der Waals surface area contributed by atoms with Crippen LogP contribution in [0.4, 0.5) is 5.69 Å². The van der Waals surface area contributed by atoms with Gasteiger partial charge < -0.3 is 10.3 Å². The largest absolute Gasteiger partial charge is 0.335 e. The number of nitrogens with zero attached hydrogens (tertiary/aromatic N) is 5. The number of rotatable bonds is 4. The summed E-state index contributed by atoms with van der Waals surface area (Å²) >= 11 is 7.66. The average molecular weight is 529 g/mol. The summed E-state index contributed by atoms with van der Waals surface area (Å²) in [6.07, 6.45) is 5.06. The number of hydrogen-bond acceptors (Lipinski definition) is 7. The van der Waals surface area contributed by atoms with Gasteiger partial charge in [0.1, 0.15) is 5.52 Å². The number of carbonyl (C=O) groups is 1. The van der Waals surface area contributed by atoms with E-state index in [1.54, 1.807) is 18.6 Å². The third-order valence-corrected chi connectivity index (χ3v) is 7.10. The minimum Gasteiger partial charge on any atom is -0.335 e. The van der Waals surface area contributed by atoms with E-state index in [9.17, 15) is 4.79 Å². The fourth-order valence-electron chi connectivity index (χ4n) is 3.88. The van der Waals surface area contributed by atoms with E-state index in [2.05, 4.69) is 30.5 Å². The van der Waals surface area contributed by atoms with E-state index >= 15 is 0 Å². The Morgan fingerprint density at radius 2 is 1.95 bits per heavy atom. The van der Waals surface area contributed by atoms with Crippen LogP contribution in [0, 0.1) is 5.41 Å². The molecule has 0 fully saturated rings. The Hall–Kier alpha value is -4.15. The first-order valence-corrected chi connectivity index (χ1v) is 12.7. The second kappa shape index (κ2) is 8.75. The number of nitrogens with one attached hydrogen (secondary N) is 3. The highest BCUT2D eigenvalue weighted by atomic mass is 35.5. The Morgan fingerprint density at radius 3 is 2.73 bits per heavy atom. The van der Waals surface area contributed by atoms with E-state index in [1.165, 1.54) is 11.3 Å². The van der Waals surface area contributed by atoms with Gasteiger partial charge in [0.15, 0.2) is 17.2 Å². The van der Waals surface area contributed by atoms with Crippen LogP contribution in [0.25, 0.3) is 55.4 Å². The molecule has 1 amide bonds. The molecule has 0 saturated carbocycles. The number of fused-ring (bicyclic) bond motifs is 2. The third kappa shape index (κ3) is 4.34. The Labute approximate surface area is 220 Å². The standard InChI is InChI=1S/C26H21ClN8OS/c1-26(2,3)25(36)30-14-10-13(11-28-12-14)16-4-5-17-21(31-16)22(35-34-17)24-32-20-15(8-9-29-23(20)33-24)18-6-7-19(27)37-18/h4-12H,1-3H3,(H,30,36)(H,34,35)(H,29,32,33). The zero-order valence-electron chi connectivity index (χ0n) is 20.1. The summed E-state index contributed by atoms with van der Waals surface area (Å²) in [5.74, 6) is 0.465. The molecule has 0 aliphatic heterocycles. The molecule has 184 valence electrons. The Morgan fingerprint density at radius 1 is 1.08 bits per heavy atom. The number of aromatic nitrogens is 7. The predicted molar refractivity (Wildman–Crippen MR) is 146 cm³/mol. The van der Waals surface area contributed by atoms with Crippen molar-refractivity contribution in [1.82, 2.24) is 35.1 Å². The lowest BCUT2D eigenvalue weighted by Gasteiger charge is -2.17. The van der Waals surface area contributed by atoms with Crippen LogP contribution >= 0.6 is 22.9 Å². The molecule has 6 aromatic rings. The number of halogens is 1. The number of imidazole rings is 1. The number of H-pyrrole nitrogens is 2. The lowest BCUT2D eigenvalue weighted by Crippen LogP contribution is -2.27. The van der Waals surface area contributed by atoms with Gasteiger partial charge in [-0.25, -0.2) is 15.0 Å². The summed E-state index contributed by atoms with van der Waals surface area (Å²) in [7, 11) is 0. The molecule has 0 radical (unpaired) electrons. The fourth-order valence-corrected chi connectivity index (χ4v) is 4.95. The van der Waals surface area contributed by atoms with Crippen LogP contribution < -0.4 is 5.32 Å². The summed E-state index contributed by atoms with van der Waals surface area (Å²) in [6, 6.07) is 11.4. The number of hydrogen-bond donors (Lipinski definition) is 3. The molecule has 11 heteroatoms. The zero-order valence-corrected chi connectivity index (χ0v) is 21.7. The van der Waals surface area contributed by atoms with Crippen molar-refractivity contribution in [3.05, 3.63) is 59.3 Å². The Bertz CT molecular complexity index is 1800. The van der Waals surface area contributed by atoms with Crippen molar-refractivity contribution in [1.29, 1.82) is 0 Å². The summed E-state index contributed by atoms with van der Waals surface area (Å²) in [6.45, 7) is 5.59. The van der Waals surface area contributed by atoms with Crippen molar-refractivity contribution >= 4 is 56.7 Å². The van der Waals surface area contributed by atoms with Crippen LogP contribution in [0.1, 0.15) is 20.8 Å². The van der Waals surface area contributed by atoms with E-state index in [-0.39, 0.29) is 5.91 Å². The van der Waals surface area contributed by atoms with Crippen LogP contribution in [0.5, 0.6) is 0 Å². The van der Waals surface area contributed by atoms with Gasteiger partial charge in [0, 0.05) is 33.8 Å². The van der Waals surface area contributed by atoms with Gasteiger partial charge in [-0.2, -0.15) is 5.10 Å².